The first-order valence-corrected chi connectivity index (χ1v) is 4.45. The SMILES string of the molecule is C=CC1=CCC(C#N)C(I)=C1. The average Bonchev–Trinajstić information content (AvgIpc) is 2.04. The van der Waals surface area contributed by atoms with Crippen LogP contribution >= 0.6 is 22.6 Å². The largest absolute Gasteiger partial charge is 0.198 e. The fourth-order valence-corrected chi connectivity index (χ4v) is 1.69. The quantitative estimate of drug-likeness (QED) is 0.662. The Labute approximate surface area is 80.2 Å². The first kappa shape index (κ1) is 8.54. The molecule has 0 radical (unpaired) electrons. The van der Waals surface area contributed by atoms with E-state index in [1.165, 1.54) is 0 Å². The minimum atomic E-state index is 0.0688. The lowest BCUT2D eigenvalue weighted by Gasteiger charge is -2.11. The third-order valence-corrected chi connectivity index (χ3v) is 2.68. The molecule has 0 aromatic carbocycles. The Morgan fingerprint density at radius 2 is 2.55 bits per heavy atom. The van der Waals surface area contributed by atoms with Crippen molar-refractivity contribution in [3.63, 3.8) is 0 Å². The maximum Gasteiger partial charge on any atom is 0.0805 e. The van der Waals surface area contributed by atoms with Gasteiger partial charge in [0.05, 0.1) is 12.0 Å². The van der Waals surface area contributed by atoms with Crippen LogP contribution < -0.4 is 0 Å². The lowest BCUT2D eigenvalue weighted by atomic mass is 9.98. The summed E-state index contributed by atoms with van der Waals surface area (Å²) in [6.45, 7) is 3.67. The van der Waals surface area contributed by atoms with Gasteiger partial charge in [-0.1, -0.05) is 18.7 Å². The minimum absolute atomic E-state index is 0.0688. The van der Waals surface area contributed by atoms with Crippen LogP contribution in [0.1, 0.15) is 6.42 Å². The summed E-state index contributed by atoms with van der Waals surface area (Å²) >= 11 is 2.21. The van der Waals surface area contributed by atoms with Gasteiger partial charge in [0.25, 0.3) is 0 Å². The van der Waals surface area contributed by atoms with Crippen molar-refractivity contribution in [2.45, 2.75) is 6.42 Å². The van der Waals surface area contributed by atoms with Crippen LogP contribution in [-0.4, -0.2) is 0 Å². The first-order chi connectivity index (χ1) is 5.27. The van der Waals surface area contributed by atoms with Gasteiger partial charge in [-0.2, -0.15) is 5.26 Å². The molecule has 56 valence electrons. The Hall–Kier alpha value is -0.560. The summed E-state index contributed by atoms with van der Waals surface area (Å²) in [5.41, 5.74) is 1.13. The molecule has 1 aliphatic carbocycles. The van der Waals surface area contributed by atoms with Gasteiger partial charge >= 0.3 is 0 Å². The maximum atomic E-state index is 8.67. The van der Waals surface area contributed by atoms with Gasteiger partial charge < -0.3 is 0 Å². The maximum absolute atomic E-state index is 8.67. The molecule has 0 spiro atoms. The fraction of sp³-hybridized carbons (Fsp3) is 0.222. The molecule has 1 atom stereocenters. The summed E-state index contributed by atoms with van der Waals surface area (Å²) in [5.74, 6) is 0.0688. The van der Waals surface area contributed by atoms with Gasteiger partial charge in [0, 0.05) is 3.58 Å². The van der Waals surface area contributed by atoms with Gasteiger partial charge in [-0.15, -0.1) is 0 Å². The number of hydrogen-bond donors (Lipinski definition) is 0. The summed E-state index contributed by atoms with van der Waals surface area (Å²) in [5, 5.41) is 8.67. The fourth-order valence-electron chi connectivity index (χ4n) is 0.942. The lowest BCUT2D eigenvalue weighted by molar-refractivity contribution is 0.826. The van der Waals surface area contributed by atoms with Crippen LogP contribution in [0, 0.1) is 17.2 Å². The molecule has 1 rings (SSSR count). The highest BCUT2D eigenvalue weighted by Gasteiger charge is 2.13. The van der Waals surface area contributed by atoms with E-state index in [1.54, 1.807) is 0 Å². The Morgan fingerprint density at radius 1 is 1.82 bits per heavy atom. The van der Waals surface area contributed by atoms with E-state index in [9.17, 15) is 0 Å². The van der Waals surface area contributed by atoms with Gasteiger partial charge in [-0.25, -0.2) is 0 Å². The van der Waals surface area contributed by atoms with E-state index < -0.39 is 0 Å². The summed E-state index contributed by atoms with van der Waals surface area (Å²) in [7, 11) is 0. The van der Waals surface area contributed by atoms with Crippen LogP contribution in [0.2, 0.25) is 0 Å². The Bertz CT molecular complexity index is 268. The van der Waals surface area contributed by atoms with E-state index in [1.807, 2.05) is 18.2 Å². The average molecular weight is 257 g/mol. The summed E-state index contributed by atoms with van der Waals surface area (Å²) in [6, 6.07) is 2.24. The molecular formula is C9H8IN. The highest BCUT2D eigenvalue weighted by Crippen LogP contribution is 2.28. The molecule has 0 aliphatic heterocycles. The van der Waals surface area contributed by atoms with E-state index in [-0.39, 0.29) is 5.92 Å². The number of allylic oxidation sites excluding steroid dienone is 5. The van der Waals surface area contributed by atoms with E-state index in [2.05, 4.69) is 35.2 Å². The molecule has 0 aromatic heterocycles. The third kappa shape index (κ3) is 1.93. The smallest absolute Gasteiger partial charge is 0.0805 e. The summed E-state index contributed by atoms with van der Waals surface area (Å²) in [6.07, 6.45) is 6.69. The van der Waals surface area contributed by atoms with Crippen LogP contribution in [0.15, 0.2) is 34.0 Å². The predicted molar refractivity (Wildman–Crippen MR) is 54.1 cm³/mol. The molecule has 1 nitrogen and oxygen atoms in total. The molecule has 1 aliphatic rings. The van der Waals surface area contributed by atoms with Crippen molar-refractivity contribution >= 4 is 22.6 Å². The van der Waals surface area contributed by atoms with Crippen molar-refractivity contribution in [2.75, 3.05) is 0 Å². The second kappa shape index (κ2) is 3.72. The van der Waals surface area contributed by atoms with E-state index in [4.69, 9.17) is 5.26 Å². The lowest BCUT2D eigenvalue weighted by Crippen LogP contribution is -1.99. The van der Waals surface area contributed by atoms with Crippen molar-refractivity contribution in [3.8, 4) is 6.07 Å². The van der Waals surface area contributed by atoms with Crippen LogP contribution in [0.25, 0.3) is 0 Å². The van der Waals surface area contributed by atoms with Crippen LogP contribution in [0.5, 0.6) is 0 Å². The number of hydrogen-bond acceptors (Lipinski definition) is 1. The van der Waals surface area contributed by atoms with Crippen molar-refractivity contribution in [2.24, 2.45) is 5.92 Å². The van der Waals surface area contributed by atoms with Gasteiger partial charge in [-0.05, 0) is 40.7 Å². The predicted octanol–water partition coefficient (Wildman–Crippen LogP) is 2.96. The number of nitriles is 1. The van der Waals surface area contributed by atoms with Crippen LogP contribution in [0.3, 0.4) is 0 Å². The van der Waals surface area contributed by atoms with Gasteiger partial charge in [0.2, 0.25) is 0 Å². The zero-order valence-corrected chi connectivity index (χ0v) is 8.21. The standard InChI is InChI=1S/C9H8IN/c1-2-7-3-4-8(6-11)9(10)5-7/h2-3,5,8H,1,4H2. The monoisotopic (exact) mass is 257 g/mol. The Morgan fingerprint density at radius 3 is 3.00 bits per heavy atom. The first-order valence-electron chi connectivity index (χ1n) is 3.37. The molecule has 2 heteroatoms. The molecule has 0 bridgehead atoms. The Balaban J connectivity index is 2.83. The van der Waals surface area contributed by atoms with Crippen molar-refractivity contribution in [1.29, 1.82) is 5.26 Å². The molecule has 0 amide bonds. The molecule has 0 saturated heterocycles. The second-order valence-corrected chi connectivity index (χ2v) is 3.60. The normalized spacial score (nSPS) is 23.1. The molecule has 1 unspecified atom stereocenters. The van der Waals surface area contributed by atoms with Crippen LogP contribution in [0.4, 0.5) is 0 Å². The van der Waals surface area contributed by atoms with Gasteiger partial charge in [0.1, 0.15) is 0 Å². The van der Waals surface area contributed by atoms with Crippen LogP contribution in [-0.2, 0) is 0 Å². The van der Waals surface area contributed by atoms with E-state index in [0.29, 0.717) is 0 Å². The minimum Gasteiger partial charge on any atom is -0.198 e. The van der Waals surface area contributed by atoms with E-state index in [0.717, 1.165) is 15.6 Å². The zero-order chi connectivity index (χ0) is 8.27. The highest BCUT2D eigenvalue weighted by atomic mass is 127. The number of nitrogens with zero attached hydrogens (tertiary/aromatic N) is 1. The number of rotatable bonds is 1. The van der Waals surface area contributed by atoms with Gasteiger partial charge in [-0.3, -0.25) is 0 Å². The van der Waals surface area contributed by atoms with Gasteiger partial charge in [0.15, 0.2) is 0 Å². The topological polar surface area (TPSA) is 23.8 Å². The van der Waals surface area contributed by atoms with Crippen molar-refractivity contribution in [3.05, 3.63) is 34.0 Å². The molecular weight excluding hydrogens is 249 g/mol. The third-order valence-electron chi connectivity index (χ3n) is 1.62. The molecule has 0 N–H and O–H groups in total. The molecule has 0 saturated carbocycles. The van der Waals surface area contributed by atoms with Crippen molar-refractivity contribution < 1.29 is 0 Å². The molecule has 0 heterocycles. The zero-order valence-electron chi connectivity index (χ0n) is 6.05. The highest BCUT2D eigenvalue weighted by molar-refractivity contribution is 14.1. The molecule has 11 heavy (non-hydrogen) atoms. The van der Waals surface area contributed by atoms with Crippen molar-refractivity contribution in [1.82, 2.24) is 0 Å². The Kier molecular flexibility index (Phi) is 2.89. The summed E-state index contributed by atoms with van der Waals surface area (Å²) in [4.78, 5) is 0. The number of halogens is 1. The van der Waals surface area contributed by atoms with E-state index >= 15 is 0 Å². The molecule has 0 aromatic rings. The molecule has 0 fully saturated rings. The summed E-state index contributed by atoms with van der Waals surface area (Å²) < 4.78 is 1.11. The second-order valence-electron chi connectivity index (χ2n) is 2.35.